The first kappa shape index (κ1) is 15.5. The van der Waals surface area contributed by atoms with E-state index in [2.05, 4.69) is 0 Å². The average molecular weight is 288 g/mol. The van der Waals surface area contributed by atoms with Gasteiger partial charge in [-0.2, -0.15) is 4.31 Å². The van der Waals surface area contributed by atoms with E-state index in [-0.39, 0.29) is 30.3 Å². The number of benzene rings is 1. The molecule has 0 spiro atoms. The number of nitro benzene ring substituents is 1. The van der Waals surface area contributed by atoms with Crippen LogP contribution in [0.4, 0.5) is 5.69 Å². The Kier molecular flexibility index (Phi) is 4.98. The fourth-order valence-electron chi connectivity index (χ4n) is 1.68. The summed E-state index contributed by atoms with van der Waals surface area (Å²) in [6, 6.07) is 3.71. The summed E-state index contributed by atoms with van der Waals surface area (Å²) >= 11 is 0. The lowest BCUT2D eigenvalue weighted by Gasteiger charge is -2.20. The van der Waals surface area contributed by atoms with Crippen LogP contribution in [0.2, 0.25) is 0 Å². The van der Waals surface area contributed by atoms with Gasteiger partial charge in [0.25, 0.3) is 5.69 Å². The molecule has 0 aliphatic heterocycles. The number of aliphatic hydroxyl groups excluding tert-OH is 1. The third-order valence-corrected chi connectivity index (χ3v) is 4.82. The zero-order chi connectivity index (χ0) is 14.6. The standard InChI is InChI=1S/C11H16N2O5S/c1-3-12(6-7-14)19(17,18)11-8-10(13(15)16)5-4-9(11)2/h4-5,8,14H,3,6-7H2,1-2H3. The van der Waals surface area contributed by atoms with E-state index >= 15 is 0 Å². The molecular formula is C11H16N2O5S. The third-order valence-electron chi connectivity index (χ3n) is 2.70. The highest BCUT2D eigenvalue weighted by Gasteiger charge is 2.26. The molecule has 0 atom stereocenters. The van der Waals surface area contributed by atoms with Crippen molar-refractivity contribution in [3.8, 4) is 0 Å². The Morgan fingerprint density at radius 1 is 1.42 bits per heavy atom. The molecule has 0 aliphatic carbocycles. The minimum atomic E-state index is -3.83. The van der Waals surface area contributed by atoms with Crippen LogP contribution in [0.25, 0.3) is 0 Å². The Morgan fingerprint density at radius 3 is 2.53 bits per heavy atom. The quantitative estimate of drug-likeness (QED) is 0.619. The number of hydrogen-bond donors (Lipinski definition) is 1. The molecule has 8 heteroatoms. The van der Waals surface area contributed by atoms with Crippen LogP contribution < -0.4 is 0 Å². The lowest BCUT2D eigenvalue weighted by Crippen LogP contribution is -2.33. The van der Waals surface area contributed by atoms with Crippen LogP contribution >= 0.6 is 0 Å². The molecule has 0 bridgehead atoms. The molecule has 7 nitrogen and oxygen atoms in total. The summed E-state index contributed by atoms with van der Waals surface area (Å²) in [6.07, 6.45) is 0. The van der Waals surface area contributed by atoms with Gasteiger partial charge in [0.2, 0.25) is 10.0 Å². The Hall–Kier alpha value is -1.51. The molecule has 0 aliphatic rings. The first-order valence-electron chi connectivity index (χ1n) is 5.70. The molecule has 0 amide bonds. The summed E-state index contributed by atoms with van der Waals surface area (Å²) in [6.45, 7) is 3.05. The molecule has 1 rings (SSSR count). The van der Waals surface area contributed by atoms with Crippen LogP contribution in [-0.2, 0) is 10.0 Å². The Labute approximate surface area is 111 Å². The molecule has 0 unspecified atom stereocenters. The Morgan fingerprint density at radius 2 is 2.05 bits per heavy atom. The number of sulfonamides is 1. The highest BCUT2D eigenvalue weighted by Crippen LogP contribution is 2.24. The molecule has 106 valence electrons. The summed E-state index contributed by atoms with van der Waals surface area (Å²) in [7, 11) is -3.83. The number of non-ortho nitro benzene ring substituents is 1. The van der Waals surface area contributed by atoms with Crippen LogP contribution in [-0.4, -0.2) is 42.4 Å². The minimum Gasteiger partial charge on any atom is -0.395 e. The molecule has 0 fully saturated rings. The second kappa shape index (κ2) is 6.09. The predicted octanol–water partition coefficient (Wildman–Crippen LogP) is 0.906. The minimum absolute atomic E-state index is 0.0407. The zero-order valence-electron chi connectivity index (χ0n) is 10.7. The Bertz CT molecular complexity index is 570. The van der Waals surface area contributed by atoms with E-state index < -0.39 is 14.9 Å². The van der Waals surface area contributed by atoms with Gasteiger partial charge >= 0.3 is 0 Å². The van der Waals surface area contributed by atoms with Gasteiger partial charge in [0.05, 0.1) is 16.4 Å². The lowest BCUT2D eigenvalue weighted by molar-refractivity contribution is -0.385. The summed E-state index contributed by atoms with van der Waals surface area (Å²) in [5.74, 6) is 0. The second-order valence-electron chi connectivity index (χ2n) is 3.93. The number of nitrogens with zero attached hydrogens (tertiary/aromatic N) is 2. The van der Waals surface area contributed by atoms with Gasteiger partial charge < -0.3 is 5.11 Å². The first-order valence-corrected chi connectivity index (χ1v) is 7.14. The number of nitro groups is 1. The van der Waals surface area contributed by atoms with Crippen molar-refractivity contribution in [1.82, 2.24) is 4.31 Å². The van der Waals surface area contributed by atoms with Gasteiger partial charge in [-0.05, 0) is 12.5 Å². The molecule has 19 heavy (non-hydrogen) atoms. The number of hydrogen-bond acceptors (Lipinski definition) is 5. The van der Waals surface area contributed by atoms with Gasteiger partial charge in [0.15, 0.2) is 0 Å². The van der Waals surface area contributed by atoms with Crippen LogP contribution in [0.1, 0.15) is 12.5 Å². The van der Waals surface area contributed by atoms with Gasteiger partial charge in [-0.15, -0.1) is 0 Å². The van der Waals surface area contributed by atoms with Gasteiger partial charge in [-0.3, -0.25) is 10.1 Å². The van der Waals surface area contributed by atoms with Crippen molar-refractivity contribution in [1.29, 1.82) is 0 Å². The van der Waals surface area contributed by atoms with Crippen molar-refractivity contribution < 1.29 is 18.4 Å². The van der Waals surface area contributed by atoms with Crippen molar-refractivity contribution in [3.05, 3.63) is 33.9 Å². The maximum Gasteiger partial charge on any atom is 0.270 e. The SMILES string of the molecule is CCN(CCO)S(=O)(=O)c1cc([N+](=O)[O-])ccc1C. The first-order chi connectivity index (χ1) is 8.84. The molecule has 0 heterocycles. The van der Waals surface area contributed by atoms with Crippen LogP contribution in [0, 0.1) is 17.0 Å². The summed E-state index contributed by atoms with van der Waals surface area (Å²) in [5, 5.41) is 19.6. The highest BCUT2D eigenvalue weighted by atomic mass is 32.2. The zero-order valence-corrected chi connectivity index (χ0v) is 11.6. The van der Waals surface area contributed by atoms with Gasteiger partial charge in [-0.1, -0.05) is 13.0 Å². The van der Waals surface area contributed by atoms with E-state index in [0.717, 1.165) is 10.4 Å². The molecule has 0 radical (unpaired) electrons. The van der Waals surface area contributed by atoms with Crippen molar-refractivity contribution >= 4 is 15.7 Å². The van der Waals surface area contributed by atoms with E-state index in [1.807, 2.05) is 0 Å². The molecule has 0 saturated carbocycles. The fourth-order valence-corrected chi connectivity index (χ4v) is 3.36. The monoisotopic (exact) mass is 288 g/mol. The number of aliphatic hydroxyl groups is 1. The van der Waals surface area contributed by atoms with E-state index in [1.165, 1.54) is 12.1 Å². The normalized spacial score (nSPS) is 11.8. The predicted molar refractivity (Wildman–Crippen MR) is 69.4 cm³/mol. The fraction of sp³-hybridized carbons (Fsp3) is 0.455. The molecule has 0 aromatic heterocycles. The smallest absolute Gasteiger partial charge is 0.270 e. The number of likely N-dealkylation sites (N-methyl/N-ethyl adjacent to an activating group) is 1. The van der Waals surface area contributed by atoms with Gasteiger partial charge in [-0.25, -0.2) is 8.42 Å². The van der Waals surface area contributed by atoms with Crippen LogP contribution in [0.3, 0.4) is 0 Å². The maximum atomic E-state index is 12.3. The maximum absolute atomic E-state index is 12.3. The lowest BCUT2D eigenvalue weighted by atomic mass is 10.2. The van der Waals surface area contributed by atoms with Crippen LogP contribution in [0.15, 0.2) is 23.1 Å². The van der Waals surface area contributed by atoms with Crippen molar-refractivity contribution in [2.45, 2.75) is 18.7 Å². The van der Waals surface area contributed by atoms with Gasteiger partial charge in [0, 0.05) is 25.2 Å². The molecule has 1 aromatic rings. The van der Waals surface area contributed by atoms with Crippen LogP contribution in [0.5, 0.6) is 0 Å². The average Bonchev–Trinajstić information content (AvgIpc) is 2.35. The van der Waals surface area contributed by atoms with Gasteiger partial charge in [0.1, 0.15) is 0 Å². The van der Waals surface area contributed by atoms with E-state index in [4.69, 9.17) is 5.11 Å². The number of rotatable bonds is 6. The van der Waals surface area contributed by atoms with Crippen molar-refractivity contribution in [3.63, 3.8) is 0 Å². The van der Waals surface area contributed by atoms with E-state index in [9.17, 15) is 18.5 Å². The largest absolute Gasteiger partial charge is 0.395 e. The summed E-state index contributed by atoms with van der Waals surface area (Å²) in [4.78, 5) is 9.98. The molecule has 1 aromatic carbocycles. The number of aryl methyl sites for hydroxylation is 1. The molecule has 1 N–H and O–H groups in total. The van der Waals surface area contributed by atoms with E-state index in [0.29, 0.717) is 5.56 Å². The molecule has 0 saturated heterocycles. The summed E-state index contributed by atoms with van der Waals surface area (Å²) in [5.41, 5.74) is 0.159. The van der Waals surface area contributed by atoms with E-state index in [1.54, 1.807) is 13.8 Å². The highest BCUT2D eigenvalue weighted by molar-refractivity contribution is 7.89. The third kappa shape index (κ3) is 3.28. The second-order valence-corrected chi connectivity index (χ2v) is 5.83. The Balaban J connectivity index is 3.34. The van der Waals surface area contributed by atoms with Crippen molar-refractivity contribution in [2.75, 3.05) is 19.7 Å². The topological polar surface area (TPSA) is 101 Å². The molecular weight excluding hydrogens is 272 g/mol. The summed E-state index contributed by atoms with van der Waals surface area (Å²) < 4.78 is 25.8. The van der Waals surface area contributed by atoms with Crippen molar-refractivity contribution in [2.24, 2.45) is 0 Å².